The Morgan fingerprint density at radius 2 is 1.92 bits per heavy atom. The van der Waals surface area contributed by atoms with Crippen molar-refractivity contribution in [2.24, 2.45) is 5.73 Å². The number of aliphatic hydroxyl groups is 3. The van der Waals surface area contributed by atoms with Gasteiger partial charge < -0.3 is 31.1 Å². The summed E-state index contributed by atoms with van der Waals surface area (Å²) in [7, 11) is 0. The molecule has 1 aliphatic rings. The predicted octanol–water partition coefficient (Wildman–Crippen LogP) is -0.631. The molecule has 2 aromatic rings. The van der Waals surface area contributed by atoms with Crippen molar-refractivity contribution in [2.45, 2.75) is 50.2 Å². The van der Waals surface area contributed by atoms with Gasteiger partial charge in [-0.2, -0.15) is 0 Å². The van der Waals surface area contributed by atoms with Crippen LogP contribution in [0, 0.1) is 0 Å². The molecule has 3 heterocycles. The zero-order chi connectivity index (χ0) is 18.5. The monoisotopic (exact) mass is 366 g/mol. The van der Waals surface area contributed by atoms with Crippen molar-refractivity contribution < 1.29 is 20.1 Å². The van der Waals surface area contributed by atoms with Gasteiger partial charge in [-0.05, 0) is 19.4 Å². The molecular weight excluding hydrogens is 340 g/mol. The molecule has 1 aliphatic heterocycles. The molecule has 0 saturated carbocycles. The lowest BCUT2D eigenvalue weighted by Crippen LogP contribution is -2.33. The molecule has 0 aliphatic carbocycles. The van der Waals surface area contributed by atoms with Crippen LogP contribution in [0.3, 0.4) is 0 Å². The lowest BCUT2D eigenvalue weighted by Gasteiger charge is -2.16. The van der Waals surface area contributed by atoms with Gasteiger partial charge >= 0.3 is 0 Å². The lowest BCUT2D eigenvalue weighted by atomic mass is 10.1. The highest BCUT2D eigenvalue weighted by molar-refractivity contribution is 5.82. The fourth-order valence-corrected chi connectivity index (χ4v) is 3.11. The van der Waals surface area contributed by atoms with Gasteiger partial charge in [0.25, 0.3) is 0 Å². The number of aliphatic hydroxyl groups excluding tert-OH is 3. The first kappa shape index (κ1) is 18.9. The third kappa shape index (κ3) is 3.79. The molecule has 0 bridgehead atoms. The molecule has 3 rings (SSSR count). The molecule has 0 unspecified atom stereocenters. The van der Waals surface area contributed by atoms with Crippen molar-refractivity contribution in [3.05, 3.63) is 12.7 Å². The first-order chi connectivity index (χ1) is 12.7. The Balaban J connectivity index is 1.71. The fraction of sp³-hybridized carbons (Fsp3) is 0.688. The number of nitrogens with two attached hydrogens (primary N) is 1. The number of hydrogen-bond donors (Lipinski definition) is 5. The molecule has 10 nitrogen and oxygen atoms in total. The SMILES string of the molecule is NCCCCCCNc1ncnc2c1ncn2[C@@H]1O[C@H](CO)[C@@H](O)[C@H]1O. The number of ether oxygens (including phenoxy) is 1. The summed E-state index contributed by atoms with van der Waals surface area (Å²) < 4.78 is 7.09. The number of aromatic nitrogens is 4. The smallest absolute Gasteiger partial charge is 0.167 e. The molecule has 1 fully saturated rings. The molecule has 144 valence electrons. The summed E-state index contributed by atoms with van der Waals surface area (Å²) >= 11 is 0. The zero-order valence-corrected chi connectivity index (χ0v) is 14.5. The summed E-state index contributed by atoms with van der Waals surface area (Å²) in [6.07, 6.45) is 3.07. The van der Waals surface area contributed by atoms with Crippen LogP contribution in [0.15, 0.2) is 12.7 Å². The zero-order valence-electron chi connectivity index (χ0n) is 14.5. The van der Waals surface area contributed by atoms with Crippen LogP contribution in [0.5, 0.6) is 0 Å². The van der Waals surface area contributed by atoms with Crippen molar-refractivity contribution >= 4 is 17.0 Å². The van der Waals surface area contributed by atoms with E-state index in [-0.39, 0.29) is 6.61 Å². The molecule has 6 N–H and O–H groups in total. The minimum atomic E-state index is -1.18. The Kier molecular flexibility index (Phi) is 6.33. The van der Waals surface area contributed by atoms with E-state index in [2.05, 4.69) is 20.3 Å². The molecule has 0 aromatic carbocycles. The summed E-state index contributed by atoms with van der Waals surface area (Å²) in [5.41, 5.74) is 6.53. The number of unbranched alkanes of at least 4 members (excludes halogenated alkanes) is 3. The maximum atomic E-state index is 10.2. The molecule has 4 atom stereocenters. The van der Waals surface area contributed by atoms with Gasteiger partial charge in [0.2, 0.25) is 0 Å². The Morgan fingerprint density at radius 1 is 1.12 bits per heavy atom. The summed E-state index contributed by atoms with van der Waals surface area (Å²) in [6.45, 7) is 1.10. The second-order valence-electron chi connectivity index (χ2n) is 6.40. The highest BCUT2D eigenvalue weighted by Gasteiger charge is 2.44. The normalized spacial score (nSPS) is 25.8. The molecule has 1 saturated heterocycles. The molecule has 10 heteroatoms. The third-order valence-electron chi connectivity index (χ3n) is 4.57. The third-order valence-corrected chi connectivity index (χ3v) is 4.57. The maximum Gasteiger partial charge on any atom is 0.167 e. The Labute approximate surface area is 151 Å². The quantitative estimate of drug-likeness (QED) is 0.365. The summed E-state index contributed by atoms with van der Waals surface area (Å²) in [4.78, 5) is 12.8. The van der Waals surface area contributed by atoms with Gasteiger partial charge in [0, 0.05) is 6.54 Å². The van der Waals surface area contributed by atoms with Gasteiger partial charge in [-0.1, -0.05) is 12.8 Å². The number of rotatable bonds is 9. The average molecular weight is 366 g/mol. The van der Waals surface area contributed by atoms with E-state index in [1.54, 1.807) is 4.57 Å². The fourth-order valence-electron chi connectivity index (χ4n) is 3.11. The van der Waals surface area contributed by atoms with Crippen molar-refractivity contribution in [3.63, 3.8) is 0 Å². The van der Waals surface area contributed by atoms with E-state index in [1.807, 2.05) is 0 Å². The predicted molar refractivity (Wildman–Crippen MR) is 94.3 cm³/mol. The number of imidazole rings is 1. The molecular formula is C16H26N6O4. The van der Waals surface area contributed by atoms with Crippen LogP contribution < -0.4 is 11.1 Å². The van der Waals surface area contributed by atoms with Crippen LogP contribution in [0.4, 0.5) is 5.82 Å². The van der Waals surface area contributed by atoms with Gasteiger partial charge in [0.15, 0.2) is 23.2 Å². The van der Waals surface area contributed by atoms with Crippen LogP contribution in [0.2, 0.25) is 0 Å². The van der Waals surface area contributed by atoms with Crippen LogP contribution in [-0.4, -0.2) is 72.8 Å². The van der Waals surface area contributed by atoms with E-state index in [4.69, 9.17) is 10.5 Å². The van der Waals surface area contributed by atoms with E-state index < -0.39 is 24.5 Å². The molecule has 0 radical (unpaired) electrons. The van der Waals surface area contributed by atoms with Crippen molar-refractivity contribution in [2.75, 3.05) is 25.0 Å². The lowest BCUT2D eigenvalue weighted by molar-refractivity contribution is -0.0511. The molecule has 0 spiro atoms. The highest BCUT2D eigenvalue weighted by atomic mass is 16.6. The first-order valence-corrected chi connectivity index (χ1v) is 8.91. The Bertz CT molecular complexity index is 711. The Hall–Kier alpha value is -1.85. The van der Waals surface area contributed by atoms with Crippen LogP contribution in [0.1, 0.15) is 31.9 Å². The second-order valence-corrected chi connectivity index (χ2v) is 6.40. The summed E-state index contributed by atoms with van der Waals surface area (Å²) in [6, 6.07) is 0. The molecule has 2 aromatic heterocycles. The van der Waals surface area contributed by atoms with E-state index in [1.165, 1.54) is 12.7 Å². The number of fused-ring (bicyclic) bond motifs is 1. The Morgan fingerprint density at radius 3 is 2.65 bits per heavy atom. The summed E-state index contributed by atoms with van der Waals surface area (Å²) in [5, 5.41) is 32.6. The first-order valence-electron chi connectivity index (χ1n) is 8.91. The van der Waals surface area contributed by atoms with Gasteiger partial charge in [-0.15, -0.1) is 0 Å². The van der Waals surface area contributed by atoms with E-state index in [0.717, 1.165) is 38.8 Å². The number of hydrogen-bond acceptors (Lipinski definition) is 9. The largest absolute Gasteiger partial charge is 0.394 e. The molecule has 0 amide bonds. The number of nitrogens with one attached hydrogen (secondary N) is 1. The highest BCUT2D eigenvalue weighted by Crippen LogP contribution is 2.32. The van der Waals surface area contributed by atoms with E-state index in [9.17, 15) is 15.3 Å². The van der Waals surface area contributed by atoms with Gasteiger partial charge in [-0.25, -0.2) is 15.0 Å². The van der Waals surface area contributed by atoms with E-state index >= 15 is 0 Å². The van der Waals surface area contributed by atoms with Gasteiger partial charge in [-0.3, -0.25) is 4.57 Å². The minimum absolute atomic E-state index is 0.382. The second kappa shape index (κ2) is 8.69. The van der Waals surface area contributed by atoms with Gasteiger partial charge in [0.05, 0.1) is 12.9 Å². The van der Waals surface area contributed by atoms with Crippen LogP contribution in [0.25, 0.3) is 11.2 Å². The average Bonchev–Trinajstić information content (AvgIpc) is 3.20. The van der Waals surface area contributed by atoms with Gasteiger partial charge in [0.1, 0.15) is 24.6 Å². The summed E-state index contributed by atoms with van der Waals surface area (Å²) in [5.74, 6) is 0.610. The van der Waals surface area contributed by atoms with E-state index in [0.29, 0.717) is 17.0 Å². The standard InChI is InChI=1S/C16H26N6O4/c17-5-3-1-2-4-6-18-14-11-15(20-8-19-14)22(9-21-11)16-13(25)12(24)10(7-23)26-16/h8-10,12-13,16,23-25H,1-7,17H2,(H,18,19,20)/t10-,12-,13-,16-/m1/s1. The maximum absolute atomic E-state index is 10.2. The molecule has 26 heavy (non-hydrogen) atoms. The van der Waals surface area contributed by atoms with Crippen molar-refractivity contribution in [1.29, 1.82) is 0 Å². The van der Waals surface area contributed by atoms with Crippen molar-refractivity contribution in [3.8, 4) is 0 Å². The van der Waals surface area contributed by atoms with Crippen molar-refractivity contribution in [1.82, 2.24) is 19.5 Å². The van der Waals surface area contributed by atoms with Crippen LogP contribution in [-0.2, 0) is 4.74 Å². The minimum Gasteiger partial charge on any atom is -0.394 e. The number of nitrogens with zero attached hydrogens (tertiary/aromatic N) is 4. The van der Waals surface area contributed by atoms with Crippen LogP contribution >= 0.6 is 0 Å². The topological polar surface area (TPSA) is 152 Å². The number of anilines is 1.